The summed E-state index contributed by atoms with van der Waals surface area (Å²) in [4.78, 5) is 0. The summed E-state index contributed by atoms with van der Waals surface area (Å²) in [5.74, 6) is 0. The number of hydrogen-bond acceptors (Lipinski definition) is 2. The molecule has 2 N–H and O–H groups in total. The van der Waals surface area contributed by atoms with E-state index in [1.807, 2.05) is 0 Å². The first-order valence-corrected chi connectivity index (χ1v) is 4.38. The van der Waals surface area contributed by atoms with Gasteiger partial charge in [0, 0.05) is 11.6 Å². The molecule has 0 bridgehead atoms. The molecule has 0 aliphatic rings. The lowest BCUT2D eigenvalue weighted by Crippen LogP contribution is -2.45. The number of aliphatic hydroxyl groups is 1. The topological polar surface area (TPSA) is 32.3 Å². The van der Waals surface area contributed by atoms with Crippen molar-refractivity contribution in [1.29, 1.82) is 0 Å². The van der Waals surface area contributed by atoms with E-state index >= 15 is 0 Å². The SMILES string of the molecule is CCCC(CO)NC(C)(C)C. The van der Waals surface area contributed by atoms with E-state index in [1.54, 1.807) is 0 Å². The molecular formula is C9H21NO. The van der Waals surface area contributed by atoms with Crippen molar-refractivity contribution in [3.63, 3.8) is 0 Å². The van der Waals surface area contributed by atoms with Gasteiger partial charge >= 0.3 is 0 Å². The molecule has 0 amide bonds. The molecule has 0 aliphatic heterocycles. The first kappa shape index (κ1) is 10.9. The highest BCUT2D eigenvalue weighted by atomic mass is 16.3. The average molecular weight is 159 g/mol. The van der Waals surface area contributed by atoms with E-state index < -0.39 is 0 Å². The normalized spacial score (nSPS) is 15.0. The van der Waals surface area contributed by atoms with E-state index in [-0.39, 0.29) is 18.2 Å². The summed E-state index contributed by atoms with van der Waals surface area (Å²) in [6, 6.07) is 0.264. The smallest absolute Gasteiger partial charge is 0.0584 e. The largest absolute Gasteiger partial charge is 0.395 e. The zero-order chi connectivity index (χ0) is 8.91. The van der Waals surface area contributed by atoms with Crippen molar-refractivity contribution < 1.29 is 5.11 Å². The van der Waals surface area contributed by atoms with Crippen molar-refractivity contribution in [2.24, 2.45) is 0 Å². The molecular weight excluding hydrogens is 138 g/mol. The third-order valence-electron chi connectivity index (χ3n) is 1.49. The van der Waals surface area contributed by atoms with Crippen LogP contribution in [0, 0.1) is 0 Å². The van der Waals surface area contributed by atoms with E-state index in [4.69, 9.17) is 5.11 Å². The summed E-state index contributed by atoms with van der Waals surface area (Å²) in [6.07, 6.45) is 2.17. The molecule has 68 valence electrons. The number of nitrogens with one attached hydrogen (secondary N) is 1. The molecule has 1 unspecified atom stereocenters. The van der Waals surface area contributed by atoms with Crippen LogP contribution in [0.2, 0.25) is 0 Å². The Labute approximate surface area is 70.0 Å². The molecule has 0 aliphatic carbocycles. The Morgan fingerprint density at radius 1 is 1.36 bits per heavy atom. The minimum atomic E-state index is 0.114. The van der Waals surface area contributed by atoms with E-state index in [0.29, 0.717) is 0 Å². The summed E-state index contributed by atoms with van der Waals surface area (Å²) in [7, 11) is 0. The molecule has 0 saturated carbocycles. The van der Waals surface area contributed by atoms with Crippen LogP contribution in [-0.4, -0.2) is 23.3 Å². The van der Waals surface area contributed by atoms with Gasteiger partial charge in [-0.2, -0.15) is 0 Å². The first-order chi connectivity index (χ1) is 4.99. The molecule has 0 aromatic rings. The molecule has 2 heteroatoms. The van der Waals surface area contributed by atoms with Gasteiger partial charge in [0.25, 0.3) is 0 Å². The zero-order valence-electron chi connectivity index (χ0n) is 8.15. The van der Waals surface area contributed by atoms with Crippen LogP contribution >= 0.6 is 0 Å². The molecule has 0 rings (SSSR count). The minimum Gasteiger partial charge on any atom is -0.395 e. The zero-order valence-corrected chi connectivity index (χ0v) is 8.15. The Hall–Kier alpha value is -0.0800. The second-order valence-electron chi connectivity index (χ2n) is 4.06. The molecule has 0 heterocycles. The second kappa shape index (κ2) is 4.73. The van der Waals surface area contributed by atoms with Crippen LogP contribution in [0.1, 0.15) is 40.5 Å². The summed E-state index contributed by atoms with van der Waals surface area (Å²) >= 11 is 0. The van der Waals surface area contributed by atoms with Crippen molar-refractivity contribution in [3.8, 4) is 0 Å². The maximum Gasteiger partial charge on any atom is 0.0584 e. The monoisotopic (exact) mass is 159 g/mol. The van der Waals surface area contributed by atoms with Gasteiger partial charge in [0.1, 0.15) is 0 Å². The second-order valence-corrected chi connectivity index (χ2v) is 4.06. The Balaban J connectivity index is 3.68. The first-order valence-electron chi connectivity index (χ1n) is 4.38. The Bertz CT molecular complexity index is 96.2. The van der Waals surface area contributed by atoms with Crippen LogP contribution in [0.15, 0.2) is 0 Å². The molecule has 0 radical (unpaired) electrons. The van der Waals surface area contributed by atoms with Crippen molar-refractivity contribution >= 4 is 0 Å². The van der Waals surface area contributed by atoms with Gasteiger partial charge in [-0.25, -0.2) is 0 Å². The highest BCUT2D eigenvalue weighted by molar-refractivity contribution is 4.76. The van der Waals surface area contributed by atoms with Crippen LogP contribution in [-0.2, 0) is 0 Å². The average Bonchev–Trinajstić information content (AvgIpc) is 1.84. The molecule has 2 nitrogen and oxygen atoms in total. The van der Waals surface area contributed by atoms with Gasteiger partial charge in [-0.3, -0.25) is 0 Å². The quantitative estimate of drug-likeness (QED) is 0.652. The van der Waals surface area contributed by atoms with Gasteiger partial charge in [-0.1, -0.05) is 13.3 Å². The molecule has 1 atom stereocenters. The maximum atomic E-state index is 8.96. The highest BCUT2D eigenvalue weighted by Gasteiger charge is 2.14. The maximum absolute atomic E-state index is 8.96. The summed E-state index contributed by atoms with van der Waals surface area (Å²) in [5.41, 5.74) is 0.114. The van der Waals surface area contributed by atoms with Crippen molar-refractivity contribution in [2.45, 2.75) is 52.1 Å². The molecule has 0 saturated heterocycles. The molecule has 0 aromatic heterocycles. The van der Waals surface area contributed by atoms with Crippen LogP contribution in [0.3, 0.4) is 0 Å². The van der Waals surface area contributed by atoms with Gasteiger partial charge in [0.15, 0.2) is 0 Å². The van der Waals surface area contributed by atoms with E-state index in [9.17, 15) is 0 Å². The summed E-state index contributed by atoms with van der Waals surface area (Å²) in [6.45, 7) is 8.72. The van der Waals surface area contributed by atoms with Gasteiger partial charge in [-0.15, -0.1) is 0 Å². The fourth-order valence-corrected chi connectivity index (χ4v) is 1.17. The fourth-order valence-electron chi connectivity index (χ4n) is 1.17. The Kier molecular flexibility index (Phi) is 4.69. The lowest BCUT2D eigenvalue weighted by Gasteiger charge is -2.27. The molecule has 0 aromatic carbocycles. The van der Waals surface area contributed by atoms with E-state index in [1.165, 1.54) is 0 Å². The molecule has 11 heavy (non-hydrogen) atoms. The van der Waals surface area contributed by atoms with Crippen molar-refractivity contribution in [1.82, 2.24) is 5.32 Å². The number of rotatable bonds is 4. The van der Waals surface area contributed by atoms with Crippen molar-refractivity contribution in [3.05, 3.63) is 0 Å². The molecule has 0 fully saturated rings. The summed E-state index contributed by atoms with van der Waals surface area (Å²) in [5, 5.41) is 12.3. The number of hydrogen-bond donors (Lipinski definition) is 2. The standard InChI is InChI=1S/C9H21NO/c1-5-6-8(7-11)10-9(2,3)4/h8,10-11H,5-7H2,1-4H3. The highest BCUT2D eigenvalue weighted by Crippen LogP contribution is 2.04. The lowest BCUT2D eigenvalue weighted by molar-refractivity contribution is 0.208. The van der Waals surface area contributed by atoms with E-state index in [2.05, 4.69) is 33.0 Å². The van der Waals surface area contributed by atoms with E-state index in [0.717, 1.165) is 12.8 Å². The third kappa shape index (κ3) is 6.32. The Morgan fingerprint density at radius 3 is 2.18 bits per heavy atom. The van der Waals surface area contributed by atoms with Gasteiger partial charge in [-0.05, 0) is 27.2 Å². The van der Waals surface area contributed by atoms with Crippen LogP contribution < -0.4 is 5.32 Å². The lowest BCUT2D eigenvalue weighted by atomic mass is 10.1. The van der Waals surface area contributed by atoms with Gasteiger partial charge < -0.3 is 10.4 Å². The predicted octanol–water partition coefficient (Wildman–Crippen LogP) is 1.54. The number of aliphatic hydroxyl groups excluding tert-OH is 1. The van der Waals surface area contributed by atoms with Crippen LogP contribution in [0.4, 0.5) is 0 Å². The molecule has 0 spiro atoms. The summed E-state index contributed by atoms with van der Waals surface area (Å²) < 4.78 is 0. The fraction of sp³-hybridized carbons (Fsp3) is 1.00. The van der Waals surface area contributed by atoms with Crippen LogP contribution in [0.5, 0.6) is 0 Å². The van der Waals surface area contributed by atoms with Gasteiger partial charge in [0.05, 0.1) is 6.61 Å². The third-order valence-corrected chi connectivity index (χ3v) is 1.49. The van der Waals surface area contributed by atoms with Crippen molar-refractivity contribution in [2.75, 3.05) is 6.61 Å². The van der Waals surface area contributed by atoms with Gasteiger partial charge in [0.2, 0.25) is 0 Å². The predicted molar refractivity (Wildman–Crippen MR) is 48.7 cm³/mol. The van der Waals surface area contributed by atoms with Crippen LogP contribution in [0.25, 0.3) is 0 Å². The minimum absolute atomic E-state index is 0.114. The Morgan fingerprint density at radius 2 is 1.91 bits per heavy atom.